The van der Waals surface area contributed by atoms with Gasteiger partial charge < -0.3 is 5.32 Å². The number of nitrogens with zero attached hydrogens (tertiary/aromatic N) is 1. The number of likely N-dealkylation sites (N-methyl/N-ethyl adjacent to an activating group) is 1. The highest BCUT2D eigenvalue weighted by Gasteiger charge is 2.28. The summed E-state index contributed by atoms with van der Waals surface area (Å²) in [5.41, 5.74) is 2.63. The Morgan fingerprint density at radius 1 is 1.35 bits per heavy atom. The molecule has 1 N–H and O–H groups in total. The van der Waals surface area contributed by atoms with Crippen molar-refractivity contribution >= 4 is 11.8 Å². The summed E-state index contributed by atoms with van der Waals surface area (Å²) in [6.45, 7) is 2.17. The maximum absolute atomic E-state index is 12.2. The fourth-order valence-electron chi connectivity index (χ4n) is 2.63. The number of carbonyl (C=O) groups excluding carboxylic acids is 2. The van der Waals surface area contributed by atoms with E-state index in [0.717, 1.165) is 30.4 Å². The number of benzene rings is 1. The zero-order valence-corrected chi connectivity index (χ0v) is 12.4. The van der Waals surface area contributed by atoms with Crippen LogP contribution >= 0.6 is 0 Å². The van der Waals surface area contributed by atoms with Gasteiger partial charge in [-0.3, -0.25) is 14.5 Å². The summed E-state index contributed by atoms with van der Waals surface area (Å²) in [4.78, 5) is 25.1. The van der Waals surface area contributed by atoms with Crippen molar-refractivity contribution in [2.75, 3.05) is 14.1 Å². The van der Waals surface area contributed by atoms with Crippen molar-refractivity contribution in [2.45, 2.75) is 38.6 Å². The van der Waals surface area contributed by atoms with Gasteiger partial charge in [0.2, 0.25) is 5.91 Å². The van der Waals surface area contributed by atoms with Crippen molar-refractivity contribution in [1.29, 1.82) is 0 Å². The van der Waals surface area contributed by atoms with E-state index in [4.69, 9.17) is 0 Å². The first-order valence-corrected chi connectivity index (χ1v) is 7.19. The average molecular weight is 274 g/mol. The second kappa shape index (κ2) is 6.18. The average Bonchev–Trinajstić information content (AvgIpc) is 2.46. The second-order valence-corrected chi connectivity index (χ2v) is 5.33. The quantitative estimate of drug-likeness (QED) is 0.838. The molecule has 0 saturated heterocycles. The van der Waals surface area contributed by atoms with Crippen LogP contribution in [-0.2, 0) is 11.2 Å². The van der Waals surface area contributed by atoms with E-state index in [0.29, 0.717) is 12.0 Å². The molecule has 2 amide bonds. The Morgan fingerprint density at radius 3 is 2.75 bits per heavy atom. The van der Waals surface area contributed by atoms with Gasteiger partial charge in [-0.15, -0.1) is 0 Å². The highest BCUT2D eigenvalue weighted by atomic mass is 16.2. The molecular weight excluding hydrogens is 252 g/mol. The highest BCUT2D eigenvalue weighted by Crippen LogP contribution is 2.25. The van der Waals surface area contributed by atoms with Gasteiger partial charge in [0.1, 0.15) is 0 Å². The minimum atomic E-state index is -0.191. The predicted octanol–water partition coefficient (Wildman–Crippen LogP) is 2.29. The van der Waals surface area contributed by atoms with Gasteiger partial charge in [0.05, 0.1) is 6.42 Å². The zero-order valence-electron chi connectivity index (χ0n) is 12.4. The van der Waals surface area contributed by atoms with Crippen molar-refractivity contribution in [1.82, 2.24) is 10.2 Å². The second-order valence-electron chi connectivity index (χ2n) is 5.33. The number of unbranched alkanes of at least 4 members (excludes halogenated alkanes) is 1. The molecule has 1 aromatic carbocycles. The van der Waals surface area contributed by atoms with Gasteiger partial charge in [0.15, 0.2) is 0 Å². The van der Waals surface area contributed by atoms with Crippen LogP contribution < -0.4 is 5.32 Å². The fraction of sp³-hybridized carbons (Fsp3) is 0.500. The molecule has 108 valence electrons. The molecule has 0 saturated carbocycles. The van der Waals surface area contributed by atoms with Crippen LogP contribution in [0.5, 0.6) is 0 Å². The van der Waals surface area contributed by atoms with E-state index in [2.05, 4.69) is 12.2 Å². The Morgan fingerprint density at radius 2 is 2.10 bits per heavy atom. The molecule has 2 rings (SSSR count). The lowest BCUT2D eigenvalue weighted by molar-refractivity contribution is -0.127. The number of hydrogen-bond acceptors (Lipinski definition) is 3. The molecule has 1 atom stereocenters. The summed E-state index contributed by atoms with van der Waals surface area (Å²) in [5, 5.41) is 3.30. The topological polar surface area (TPSA) is 49.4 Å². The third kappa shape index (κ3) is 2.75. The summed E-state index contributed by atoms with van der Waals surface area (Å²) < 4.78 is 0. The molecule has 20 heavy (non-hydrogen) atoms. The van der Waals surface area contributed by atoms with E-state index in [-0.39, 0.29) is 17.9 Å². The van der Waals surface area contributed by atoms with Crippen molar-refractivity contribution in [3.63, 3.8) is 0 Å². The van der Waals surface area contributed by atoms with Gasteiger partial charge in [0.25, 0.3) is 5.91 Å². The molecule has 0 spiro atoms. The monoisotopic (exact) mass is 274 g/mol. The molecule has 4 heteroatoms. The minimum absolute atomic E-state index is 0.133. The molecule has 0 aromatic heterocycles. The zero-order chi connectivity index (χ0) is 14.7. The number of fused-ring (bicyclic) bond motifs is 1. The number of imide groups is 1. The van der Waals surface area contributed by atoms with Crippen LogP contribution in [0.3, 0.4) is 0 Å². The van der Waals surface area contributed by atoms with Gasteiger partial charge in [-0.25, -0.2) is 0 Å². The van der Waals surface area contributed by atoms with Crippen LogP contribution in [0.1, 0.15) is 53.7 Å². The smallest absolute Gasteiger partial charge is 0.260 e. The van der Waals surface area contributed by atoms with Gasteiger partial charge in [-0.1, -0.05) is 31.9 Å². The molecule has 1 aliphatic heterocycles. The first-order chi connectivity index (χ1) is 9.58. The van der Waals surface area contributed by atoms with Crippen LogP contribution in [-0.4, -0.2) is 30.8 Å². The van der Waals surface area contributed by atoms with Gasteiger partial charge in [-0.05, 0) is 30.7 Å². The number of nitrogens with one attached hydrogen (secondary N) is 1. The van der Waals surface area contributed by atoms with E-state index >= 15 is 0 Å². The maximum atomic E-state index is 12.2. The molecule has 1 heterocycles. The van der Waals surface area contributed by atoms with Crippen LogP contribution in [0, 0.1) is 0 Å². The molecule has 0 bridgehead atoms. The van der Waals surface area contributed by atoms with E-state index in [9.17, 15) is 9.59 Å². The van der Waals surface area contributed by atoms with E-state index < -0.39 is 0 Å². The standard InChI is InChI=1S/C16H22N2O2/c1-4-5-6-14(17-2)12-8-7-11-10-15(19)18(3)16(20)13(11)9-12/h7-9,14,17H,4-6,10H2,1-3H3. The van der Waals surface area contributed by atoms with Crippen molar-refractivity contribution in [3.05, 3.63) is 34.9 Å². The summed E-state index contributed by atoms with van der Waals surface area (Å²) in [6, 6.07) is 6.15. The Balaban J connectivity index is 2.31. The number of carbonyl (C=O) groups is 2. The van der Waals surface area contributed by atoms with Crippen LogP contribution in [0.2, 0.25) is 0 Å². The van der Waals surface area contributed by atoms with Crippen LogP contribution in [0.4, 0.5) is 0 Å². The van der Waals surface area contributed by atoms with Crippen LogP contribution in [0.25, 0.3) is 0 Å². The molecule has 1 unspecified atom stereocenters. The van der Waals surface area contributed by atoms with Crippen molar-refractivity contribution in [2.24, 2.45) is 0 Å². The lowest BCUT2D eigenvalue weighted by atomic mass is 9.92. The molecule has 4 nitrogen and oxygen atoms in total. The summed E-state index contributed by atoms with van der Waals surface area (Å²) in [6.07, 6.45) is 3.67. The van der Waals surface area contributed by atoms with Gasteiger partial charge in [0, 0.05) is 18.7 Å². The third-order valence-corrected chi connectivity index (χ3v) is 3.98. The third-order valence-electron chi connectivity index (χ3n) is 3.98. The number of hydrogen-bond donors (Lipinski definition) is 1. The van der Waals surface area contributed by atoms with E-state index in [1.807, 2.05) is 25.2 Å². The first-order valence-electron chi connectivity index (χ1n) is 7.19. The summed E-state index contributed by atoms with van der Waals surface area (Å²) in [5.74, 6) is -0.324. The fourth-order valence-corrected chi connectivity index (χ4v) is 2.63. The summed E-state index contributed by atoms with van der Waals surface area (Å²) in [7, 11) is 3.49. The lowest BCUT2D eigenvalue weighted by Crippen LogP contribution is -2.39. The predicted molar refractivity (Wildman–Crippen MR) is 78.6 cm³/mol. The first kappa shape index (κ1) is 14.7. The molecule has 1 aliphatic rings. The minimum Gasteiger partial charge on any atom is -0.313 e. The Labute approximate surface area is 120 Å². The van der Waals surface area contributed by atoms with Gasteiger partial charge >= 0.3 is 0 Å². The van der Waals surface area contributed by atoms with Gasteiger partial charge in [-0.2, -0.15) is 0 Å². The number of rotatable bonds is 5. The molecular formula is C16H22N2O2. The SMILES string of the molecule is CCCCC(NC)c1ccc2c(c1)C(=O)N(C)C(=O)C2. The van der Waals surface area contributed by atoms with Crippen molar-refractivity contribution < 1.29 is 9.59 Å². The molecule has 0 fully saturated rings. The normalized spacial score (nSPS) is 16.2. The number of amides is 2. The summed E-state index contributed by atoms with van der Waals surface area (Å²) >= 11 is 0. The van der Waals surface area contributed by atoms with E-state index in [1.54, 1.807) is 7.05 Å². The lowest BCUT2D eigenvalue weighted by Gasteiger charge is -2.25. The molecule has 1 aromatic rings. The van der Waals surface area contributed by atoms with Crippen molar-refractivity contribution in [3.8, 4) is 0 Å². The highest BCUT2D eigenvalue weighted by molar-refractivity contribution is 6.09. The largest absolute Gasteiger partial charge is 0.313 e. The Kier molecular flexibility index (Phi) is 4.55. The van der Waals surface area contributed by atoms with Crippen LogP contribution in [0.15, 0.2) is 18.2 Å². The Bertz CT molecular complexity index is 525. The molecule has 0 radical (unpaired) electrons. The molecule has 0 aliphatic carbocycles. The van der Waals surface area contributed by atoms with E-state index in [1.165, 1.54) is 4.90 Å². The maximum Gasteiger partial charge on any atom is 0.260 e. The Hall–Kier alpha value is -1.68.